The maximum Gasteiger partial charge on any atom is 0.248 e. The molecular formula is C34H48N16O4. The molecule has 0 saturated carbocycles. The van der Waals surface area contributed by atoms with Gasteiger partial charge in [-0.15, -0.1) is 10.2 Å². The zero-order valence-electron chi connectivity index (χ0n) is 32.5. The average molecular weight is 745 g/mol. The lowest BCUT2D eigenvalue weighted by atomic mass is 9.95. The summed E-state index contributed by atoms with van der Waals surface area (Å²) in [7, 11) is 0. The van der Waals surface area contributed by atoms with E-state index >= 15 is 0 Å². The molecule has 2 aliphatic rings. The van der Waals surface area contributed by atoms with Gasteiger partial charge < -0.3 is 29.1 Å². The van der Waals surface area contributed by atoms with Crippen molar-refractivity contribution in [2.45, 2.75) is 117 Å². The minimum absolute atomic E-state index is 0.249. The third kappa shape index (κ3) is 7.70. The van der Waals surface area contributed by atoms with Crippen molar-refractivity contribution in [3.63, 3.8) is 0 Å². The van der Waals surface area contributed by atoms with E-state index in [0.717, 1.165) is 0 Å². The van der Waals surface area contributed by atoms with Crippen molar-refractivity contribution in [1.82, 2.24) is 70.2 Å². The number of rotatable bonds is 6. The topological polar surface area (TPSA) is 238 Å². The molecule has 2 N–H and O–H groups in total. The van der Waals surface area contributed by atoms with E-state index in [1.165, 1.54) is 0 Å². The molecule has 0 bridgehead atoms. The van der Waals surface area contributed by atoms with Crippen molar-refractivity contribution in [1.29, 1.82) is 0 Å². The molecule has 20 nitrogen and oxygen atoms in total. The molecule has 0 amide bonds. The van der Waals surface area contributed by atoms with Crippen LogP contribution >= 0.6 is 0 Å². The van der Waals surface area contributed by atoms with Gasteiger partial charge in [-0.05, 0) is 40.5 Å². The molecule has 20 heteroatoms. The Morgan fingerprint density at radius 1 is 0.611 bits per heavy atom. The molecule has 2 atom stereocenters. The Balaban J connectivity index is 0.000000167. The molecule has 6 aromatic heterocycles. The summed E-state index contributed by atoms with van der Waals surface area (Å²) < 4.78 is 13.7. The zero-order chi connectivity index (χ0) is 38.8. The number of hydrogen-bond acceptors (Lipinski definition) is 18. The normalized spacial score (nSPS) is 20.7. The molecule has 0 aromatic carbocycles. The van der Waals surface area contributed by atoms with E-state index in [-0.39, 0.29) is 23.9 Å². The SMILES string of the molecule is Cc1noc(Cn2nnc3c(N4CC[C@@](C)(O)C4)nc(C(C)(C)C)nc32)n1.Cc1noc(Cn2nnc3c(N4CC[C@](C)(O)C4)nc(C(C)(C)C)nc32)n1. The standard InChI is InChI=1S/2C17H24N8O2/c2*1-10-18-11(27-22-10)8-25-14-12(21-23-25)13(19-15(20-14)16(2,3)4)24-7-6-17(5,26)9-24/h2*26H,6-9H2,1-5H3/t2*17-/m10/s1. The van der Waals surface area contributed by atoms with Crippen LogP contribution in [0.1, 0.15) is 103 Å². The number of anilines is 2. The third-order valence-electron chi connectivity index (χ3n) is 9.24. The predicted octanol–water partition coefficient (Wildman–Crippen LogP) is 2.44. The maximum atomic E-state index is 10.4. The van der Waals surface area contributed by atoms with E-state index in [4.69, 9.17) is 29.0 Å². The van der Waals surface area contributed by atoms with E-state index < -0.39 is 11.2 Å². The Labute approximate surface area is 311 Å². The van der Waals surface area contributed by atoms with Crippen LogP contribution in [-0.2, 0) is 23.9 Å². The molecule has 8 rings (SSSR count). The lowest BCUT2D eigenvalue weighted by Crippen LogP contribution is -2.31. The van der Waals surface area contributed by atoms with Crippen LogP contribution in [0.15, 0.2) is 9.05 Å². The van der Waals surface area contributed by atoms with Gasteiger partial charge in [-0.2, -0.15) is 9.97 Å². The fourth-order valence-corrected chi connectivity index (χ4v) is 6.33. The van der Waals surface area contributed by atoms with Crippen molar-refractivity contribution in [3.05, 3.63) is 35.1 Å². The number of nitrogens with zero attached hydrogens (tertiary/aromatic N) is 16. The highest BCUT2D eigenvalue weighted by Gasteiger charge is 2.36. The van der Waals surface area contributed by atoms with Crippen LogP contribution in [0.25, 0.3) is 22.3 Å². The first-order valence-electron chi connectivity index (χ1n) is 18.0. The van der Waals surface area contributed by atoms with Crippen molar-refractivity contribution < 1.29 is 19.3 Å². The molecule has 2 saturated heterocycles. The summed E-state index contributed by atoms with van der Waals surface area (Å²) >= 11 is 0. The summed E-state index contributed by atoms with van der Waals surface area (Å²) in [6.45, 7) is 22.6. The lowest BCUT2D eigenvalue weighted by Gasteiger charge is -2.23. The summed E-state index contributed by atoms with van der Waals surface area (Å²) in [6, 6.07) is 0. The molecular weight excluding hydrogens is 696 g/mol. The summed E-state index contributed by atoms with van der Waals surface area (Å²) in [5, 5.41) is 45.5. The van der Waals surface area contributed by atoms with E-state index in [9.17, 15) is 10.2 Å². The first-order valence-corrected chi connectivity index (χ1v) is 18.0. The van der Waals surface area contributed by atoms with Crippen LogP contribution in [0.3, 0.4) is 0 Å². The van der Waals surface area contributed by atoms with Gasteiger partial charge in [0, 0.05) is 37.0 Å². The first kappa shape index (κ1) is 37.1. The molecule has 0 unspecified atom stereocenters. The number of β-amino-alcohol motifs (C(OH)–C–C–N with tert-alkyl or cyclic N) is 2. The summed E-state index contributed by atoms with van der Waals surface area (Å²) in [4.78, 5) is 31.6. The van der Waals surface area contributed by atoms with E-state index in [1.54, 1.807) is 23.2 Å². The van der Waals surface area contributed by atoms with Gasteiger partial charge in [0.1, 0.15) is 24.7 Å². The van der Waals surface area contributed by atoms with Crippen molar-refractivity contribution >= 4 is 34.0 Å². The van der Waals surface area contributed by atoms with E-state index in [1.807, 2.05) is 13.8 Å². The molecule has 288 valence electrons. The van der Waals surface area contributed by atoms with Crippen molar-refractivity contribution in [3.8, 4) is 0 Å². The van der Waals surface area contributed by atoms with Gasteiger partial charge in [0.05, 0.1) is 11.2 Å². The van der Waals surface area contributed by atoms with Crippen LogP contribution in [-0.4, -0.2) is 118 Å². The maximum absolute atomic E-state index is 10.4. The molecule has 8 heterocycles. The second kappa shape index (κ2) is 13.3. The van der Waals surface area contributed by atoms with Crippen molar-refractivity contribution in [2.75, 3.05) is 36.0 Å². The smallest absolute Gasteiger partial charge is 0.248 e. The van der Waals surface area contributed by atoms with Crippen LogP contribution < -0.4 is 9.80 Å². The summed E-state index contributed by atoms with van der Waals surface area (Å²) in [5.41, 5.74) is 0.476. The van der Waals surface area contributed by atoms with Gasteiger partial charge in [-0.3, -0.25) is 0 Å². The Hall–Kier alpha value is -5.24. The monoisotopic (exact) mass is 744 g/mol. The van der Waals surface area contributed by atoms with Gasteiger partial charge in [-0.1, -0.05) is 62.3 Å². The highest BCUT2D eigenvalue weighted by Crippen LogP contribution is 2.33. The molecule has 0 spiro atoms. The van der Waals surface area contributed by atoms with Gasteiger partial charge >= 0.3 is 0 Å². The van der Waals surface area contributed by atoms with E-state index in [0.29, 0.717) is 108 Å². The third-order valence-corrected chi connectivity index (χ3v) is 9.24. The predicted molar refractivity (Wildman–Crippen MR) is 195 cm³/mol. The molecule has 0 aliphatic carbocycles. The largest absolute Gasteiger partial charge is 0.388 e. The fraction of sp³-hybridized carbons (Fsp3) is 0.647. The van der Waals surface area contributed by atoms with Crippen LogP contribution in [0.4, 0.5) is 11.6 Å². The zero-order valence-corrected chi connectivity index (χ0v) is 32.5. The highest BCUT2D eigenvalue weighted by molar-refractivity contribution is 5.84. The van der Waals surface area contributed by atoms with Gasteiger partial charge in [-0.25, -0.2) is 29.3 Å². The van der Waals surface area contributed by atoms with Crippen LogP contribution in [0, 0.1) is 13.8 Å². The number of aryl methyl sites for hydroxylation is 2. The molecule has 54 heavy (non-hydrogen) atoms. The van der Waals surface area contributed by atoms with Crippen LogP contribution in [0.2, 0.25) is 0 Å². The number of aliphatic hydroxyl groups is 2. The van der Waals surface area contributed by atoms with E-state index in [2.05, 4.69) is 92.2 Å². The number of hydrogen-bond donors (Lipinski definition) is 2. The first-order chi connectivity index (χ1) is 25.2. The molecule has 6 aromatic rings. The minimum atomic E-state index is -0.740. The molecule has 0 radical (unpaired) electrons. The summed E-state index contributed by atoms with van der Waals surface area (Å²) in [6.07, 6.45) is 1.36. The fourth-order valence-electron chi connectivity index (χ4n) is 6.33. The Morgan fingerprint density at radius 2 is 1.00 bits per heavy atom. The highest BCUT2D eigenvalue weighted by atomic mass is 16.5. The average Bonchev–Trinajstić information content (AvgIpc) is 3.94. The lowest BCUT2D eigenvalue weighted by molar-refractivity contribution is 0.0833. The summed E-state index contributed by atoms with van der Waals surface area (Å²) in [5.74, 6) is 4.83. The second-order valence-electron chi connectivity index (χ2n) is 16.9. The molecule has 2 aliphatic heterocycles. The number of fused-ring (bicyclic) bond motifs is 2. The quantitative estimate of drug-likeness (QED) is 0.249. The van der Waals surface area contributed by atoms with Crippen LogP contribution in [0.5, 0.6) is 0 Å². The Bertz CT molecular complexity index is 2130. The Morgan fingerprint density at radius 3 is 1.30 bits per heavy atom. The van der Waals surface area contributed by atoms with Gasteiger partial charge in [0.2, 0.25) is 11.8 Å². The van der Waals surface area contributed by atoms with Crippen molar-refractivity contribution in [2.24, 2.45) is 0 Å². The number of aromatic nitrogens is 14. The second-order valence-corrected chi connectivity index (χ2v) is 16.9. The Kier molecular flexibility index (Phi) is 9.10. The minimum Gasteiger partial charge on any atom is -0.388 e. The molecule has 2 fully saturated rings. The van der Waals surface area contributed by atoms with Gasteiger partial charge in [0.15, 0.2) is 45.6 Å². The van der Waals surface area contributed by atoms with Gasteiger partial charge in [0.25, 0.3) is 0 Å².